The normalized spacial score (nSPS) is 24.9. The maximum Gasteiger partial charge on any atom is 0.417 e. The van der Waals surface area contributed by atoms with Gasteiger partial charge in [-0.2, -0.15) is 0 Å². The average molecular weight is 303 g/mol. The van der Waals surface area contributed by atoms with Crippen molar-refractivity contribution in [2.24, 2.45) is 10.1 Å². The van der Waals surface area contributed by atoms with Crippen molar-refractivity contribution in [1.29, 1.82) is 0 Å². The zero-order valence-corrected chi connectivity index (χ0v) is 13.1. The Morgan fingerprint density at radius 1 is 1.32 bits per heavy atom. The van der Waals surface area contributed by atoms with Crippen molar-refractivity contribution >= 4 is 29.4 Å². The molecule has 3 aliphatic rings. The van der Waals surface area contributed by atoms with Gasteiger partial charge in [-0.1, -0.05) is 17.1 Å². The van der Waals surface area contributed by atoms with Crippen LogP contribution in [0.5, 0.6) is 0 Å². The van der Waals surface area contributed by atoms with Gasteiger partial charge < -0.3 is 0 Å². The highest BCUT2D eigenvalue weighted by Crippen LogP contribution is 2.21. The zero-order chi connectivity index (χ0) is 16.0. The molecule has 1 unspecified atom stereocenters. The monoisotopic (exact) mass is 303 g/mol. The fourth-order valence-corrected chi connectivity index (χ4v) is 2.81. The van der Waals surface area contributed by atoms with Crippen molar-refractivity contribution < 1.29 is 14.2 Å². The summed E-state index contributed by atoms with van der Waals surface area (Å²) in [6.45, 7) is 4.96. The number of carbonyl (C=O) groups is 2. The molecule has 116 valence electrons. The summed E-state index contributed by atoms with van der Waals surface area (Å²) in [4.78, 5) is 31.7. The Balaban J connectivity index is 2.03. The van der Waals surface area contributed by atoms with Crippen molar-refractivity contribution in [1.82, 2.24) is 14.8 Å². The number of nitrogens with zero attached hydrogens (tertiary/aromatic N) is 6. The van der Waals surface area contributed by atoms with Crippen LogP contribution < -0.4 is 0 Å². The molecule has 22 heavy (non-hydrogen) atoms. The quantitative estimate of drug-likeness (QED) is 0.529. The molecule has 0 aliphatic carbocycles. The number of fused-ring (bicyclic) bond motifs is 2. The van der Waals surface area contributed by atoms with Crippen LogP contribution >= 0.6 is 0 Å². The number of likely N-dealkylation sites (N-methyl/N-ethyl adjacent to an activating group) is 2. The predicted octanol–water partition coefficient (Wildman–Crippen LogP) is -0.0730. The lowest BCUT2D eigenvalue weighted by molar-refractivity contribution is -0.527. The summed E-state index contributed by atoms with van der Waals surface area (Å²) in [5.74, 6) is 0.836. The number of aliphatic imine (C=N–C) groups is 1. The Kier molecular flexibility index (Phi) is 3.31. The van der Waals surface area contributed by atoms with E-state index in [0.717, 1.165) is 10.6 Å². The lowest BCUT2D eigenvalue weighted by Gasteiger charge is -2.32. The maximum atomic E-state index is 12.5. The molecule has 3 amide bonds. The molecule has 1 atom stereocenters. The molecule has 0 radical (unpaired) electrons. The van der Waals surface area contributed by atoms with Gasteiger partial charge in [-0.05, 0) is 13.8 Å². The molecule has 0 saturated carbocycles. The van der Waals surface area contributed by atoms with Crippen LogP contribution in [0.15, 0.2) is 22.2 Å². The molecule has 3 rings (SSSR count). The molecular weight excluding hydrogens is 284 g/mol. The smallest absolute Gasteiger partial charge is 0.270 e. The SMILES string of the molecule is C/C=C/CN1N=C(C)C[N+]2=C1N=C1C2C(=O)N(C)C(=O)N1C. The van der Waals surface area contributed by atoms with Gasteiger partial charge in [0.1, 0.15) is 13.1 Å². The highest BCUT2D eigenvalue weighted by molar-refractivity contribution is 6.23. The lowest BCUT2D eigenvalue weighted by Crippen LogP contribution is -2.62. The van der Waals surface area contributed by atoms with E-state index in [1.165, 1.54) is 11.9 Å². The highest BCUT2D eigenvalue weighted by Gasteiger charge is 2.53. The Bertz CT molecular complexity index is 675. The van der Waals surface area contributed by atoms with Crippen molar-refractivity contribution in [2.75, 3.05) is 27.2 Å². The first-order chi connectivity index (χ1) is 10.5. The van der Waals surface area contributed by atoms with E-state index in [1.54, 1.807) is 12.1 Å². The van der Waals surface area contributed by atoms with Crippen LogP contribution in [-0.2, 0) is 4.79 Å². The van der Waals surface area contributed by atoms with Gasteiger partial charge in [-0.3, -0.25) is 14.6 Å². The van der Waals surface area contributed by atoms with Crippen molar-refractivity contribution in [2.45, 2.75) is 19.9 Å². The Morgan fingerprint density at radius 3 is 2.73 bits per heavy atom. The van der Waals surface area contributed by atoms with Gasteiger partial charge in [-0.15, -0.1) is 10.1 Å². The molecule has 0 bridgehead atoms. The van der Waals surface area contributed by atoms with Crippen molar-refractivity contribution in [3.8, 4) is 0 Å². The number of hydrogen-bond donors (Lipinski definition) is 0. The summed E-state index contributed by atoms with van der Waals surface area (Å²) in [5.41, 5.74) is 0.903. The topological polar surface area (TPSA) is 71.6 Å². The number of hydrogen-bond acceptors (Lipinski definition) is 5. The van der Waals surface area contributed by atoms with Gasteiger partial charge in [0.25, 0.3) is 5.91 Å². The van der Waals surface area contributed by atoms with Crippen LogP contribution in [0.3, 0.4) is 0 Å². The standard InChI is InChI=1S/C14H19N6O2/c1-5-6-7-20-13-15-11-10(19(13)8-9(2)16-20)12(21)18(4)14(22)17(11)3/h5-6,10H,7-8H2,1-4H3/q+1/b6-5+. The first kappa shape index (κ1) is 14.4. The van der Waals surface area contributed by atoms with Crippen LogP contribution in [0, 0.1) is 0 Å². The number of urea groups is 1. The first-order valence-electron chi connectivity index (χ1n) is 7.16. The maximum absolute atomic E-state index is 12.5. The minimum absolute atomic E-state index is 0.252. The number of carbonyl (C=O) groups excluding carboxylic acids is 2. The summed E-state index contributed by atoms with van der Waals surface area (Å²) in [6, 6.07) is -0.917. The van der Waals surface area contributed by atoms with Crippen molar-refractivity contribution in [3.05, 3.63) is 12.2 Å². The number of rotatable bonds is 2. The van der Waals surface area contributed by atoms with Crippen LogP contribution in [0.2, 0.25) is 0 Å². The third-order valence-electron chi connectivity index (χ3n) is 3.95. The van der Waals surface area contributed by atoms with E-state index in [9.17, 15) is 9.59 Å². The molecule has 0 aromatic rings. The number of amides is 3. The molecule has 0 spiro atoms. The molecule has 1 fully saturated rings. The summed E-state index contributed by atoms with van der Waals surface area (Å²) in [7, 11) is 3.14. The third-order valence-corrected chi connectivity index (χ3v) is 3.95. The largest absolute Gasteiger partial charge is 0.417 e. The summed E-state index contributed by atoms with van der Waals surface area (Å²) >= 11 is 0. The van der Waals surface area contributed by atoms with Crippen molar-refractivity contribution in [3.63, 3.8) is 0 Å². The number of hydrazone groups is 1. The second-order valence-electron chi connectivity index (χ2n) is 5.53. The van der Waals surface area contributed by atoms with Crippen LogP contribution in [0.1, 0.15) is 13.8 Å². The number of guanidine groups is 1. The van der Waals surface area contributed by atoms with E-state index < -0.39 is 6.04 Å². The fourth-order valence-electron chi connectivity index (χ4n) is 2.81. The number of allylic oxidation sites excluding steroid dienone is 1. The Hall–Kier alpha value is -2.51. The van der Waals surface area contributed by atoms with Gasteiger partial charge in [0.05, 0.1) is 5.71 Å². The molecule has 0 aromatic heterocycles. The Labute approximate surface area is 128 Å². The average Bonchev–Trinajstić information content (AvgIpc) is 2.87. The van der Waals surface area contributed by atoms with E-state index >= 15 is 0 Å². The molecule has 8 heteroatoms. The molecule has 0 N–H and O–H groups in total. The summed E-state index contributed by atoms with van der Waals surface area (Å²) in [6.07, 6.45) is 3.91. The summed E-state index contributed by atoms with van der Waals surface area (Å²) in [5, 5.41) is 6.25. The van der Waals surface area contributed by atoms with E-state index in [1.807, 2.05) is 30.6 Å². The van der Waals surface area contributed by atoms with E-state index in [2.05, 4.69) is 10.1 Å². The third kappa shape index (κ3) is 1.94. The Morgan fingerprint density at radius 2 is 2.05 bits per heavy atom. The molecule has 8 nitrogen and oxygen atoms in total. The van der Waals surface area contributed by atoms with E-state index in [0.29, 0.717) is 24.9 Å². The zero-order valence-electron chi connectivity index (χ0n) is 13.1. The number of amidine groups is 1. The van der Waals surface area contributed by atoms with Crippen LogP contribution in [-0.4, -0.2) is 82.1 Å². The predicted molar refractivity (Wildman–Crippen MR) is 81.9 cm³/mol. The minimum atomic E-state index is -0.554. The summed E-state index contributed by atoms with van der Waals surface area (Å²) < 4.78 is 1.91. The van der Waals surface area contributed by atoms with E-state index in [4.69, 9.17) is 0 Å². The number of imide groups is 1. The van der Waals surface area contributed by atoms with Gasteiger partial charge >= 0.3 is 12.0 Å². The first-order valence-corrected chi connectivity index (χ1v) is 7.16. The molecule has 0 aromatic carbocycles. The minimum Gasteiger partial charge on any atom is -0.270 e. The second kappa shape index (κ2) is 5.04. The molecule has 3 aliphatic heterocycles. The van der Waals surface area contributed by atoms with E-state index in [-0.39, 0.29) is 11.9 Å². The molecular formula is C14H19N6O2+. The van der Waals surface area contributed by atoms with Crippen LogP contribution in [0.25, 0.3) is 0 Å². The lowest BCUT2D eigenvalue weighted by atomic mass is 10.1. The second-order valence-corrected chi connectivity index (χ2v) is 5.53. The van der Waals surface area contributed by atoms with Gasteiger partial charge in [0.2, 0.25) is 11.9 Å². The molecule has 3 heterocycles. The molecule has 1 saturated heterocycles. The van der Waals surface area contributed by atoms with Gasteiger partial charge in [-0.25, -0.2) is 9.37 Å². The van der Waals surface area contributed by atoms with Gasteiger partial charge in [0.15, 0.2) is 0 Å². The van der Waals surface area contributed by atoms with Crippen LogP contribution in [0.4, 0.5) is 4.79 Å². The van der Waals surface area contributed by atoms with Gasteiger partial charge in [0, 0.05) is 14.1 Å². The highest BCUT2D eigenvalue weighted by atomic mass is 16.2. The fraction of sp³-hybridized carbons (Fsp3) is 0.500.